The summed E-state index contributed by atoms with van der Waals surface area (Å²) < 4.78 is 46.6. The normalized spacial score (nSPS) is 17.1. The van der Waals surface area contributed by atoms with Gasteiger partial charge in [0.05, 0.1) is 6.10 Å². The van der Waals surface area contributed by atoms with E-state index in [1.54, 1.807) is 24.3 Å². The highest BCUT2D eigenvalue weighted by Crippen LogP contribution is 2.39. The van der Waals surface area contributed by atoms with E-state index in [-0.39, 0.29) is 24.6 Å². The van der Waals surface area contributed by atoms with E-state index >= 15 is 0 Å². The molecular formula is C18H19F3N2O2. The molecule has 1 amide bonds. The number of rotatable bonds is 4. The van der Waals surface area contributed by atoms with E-state index in [0.29, 0.717) is 11.1 Å². The Balaban J connectivity index is 2.02. The molecule has 7 heteroatoms. The van der Waals surface area contributed by atoms with Gasteiger partial charge in [0.25, 0.3) is 0 Å². The molecule has 0 unspecified atom stereocenters. The number of hydrazine groups is 1. The van der Waals surface area contributed by atoms with Crippen molar-refractivity contribution in [1.29, 1.82) is 0 Å². The molecule has 0 spiro atoms. The summed E-state index contributed by atoms with van der Waals surface area (Å²) in [6.45, 7) is 3.81. The lowest BCUT2D eigenvalue weighted by atomic mass is 10.0. The van der Waals surface area contributed by atoms with E-state index < -0.39 is 18.1 Å². The van der Waals surface area contributed by atoms with Gasteiger partial charge in [0.1, 0.15) is 11.8 Å². The predicted octanol–water partition coefficient (Wildman–Crippen LogP) is 3.97. The lowest BCUT2D eigenvalue weighted by molar-refractivity contribution is -0.191. The third kappa shape index (κ3) is 3.71. The topological polar surface area (TPSA) is 41.6 Å². The SMILES string of the molecule is CC(C)Oc1cccc2cc([C@H](N3CCC(=O)N3)C(F)(F)F)ccc12. The van der Waals surface area contributed by atoms with Gasteiger partial charge < -0.3 is 4.74 Å². The summed E-state index contributed by atoms with van der Waals surface area (Å²) in [7, 11) is 0. The van der Waals surface area contributed by atoms with Gasteiger partial charge in [0.2, 0.25) is 5.91 Å². The van der Waals surface area contributed by atoms with Gasteiger partial charge in [-0.1, -0.05) is 24.3 Å². The van der Waals surface area contributed by atoms with Crippen LogP contribution in [0.1, 0.15) is 31.9 Å². The standard InChI is InChI=1S/C18H19F3N2O2/c1-11(2)25-15-5-3-4-12-10-13(6-7-14(12)15)17(18(19,20)21)23-9-8-16(24)22-23/h3-7,10-11,17H,8-9H2,1-2H3,(H,22,24)/t17-/m0/s1. The maximum Gasteiger partial charge on any atom is 0.409 e. The number of hydrogen-bond acceptors (Lipinski definition) is 3. The van der Waals surface area contributed by atoms with Crippen molar-refractivity contribution < 1.29 is 22.7 Å². The molecule has 1 atom stereocenters. The van der Waals surface area contributed by atoms with Crippen LogP contribution in [-0.4, -0.2) is 29.7 Å². The lowest BCUT2D eigenvalue weighted by Gasteiger charge is -2.29. The van der Waals surface area contributed by atoms with E-state index in [2.05, 4.69) is 5.43 Å². The highest BCUT2D eigenvalue weighted by Gasteiger charge is 2.46. The van der Waals surface area contributed by atoms with Crippen molar-refractivity contribution in [3.63, 3.8) is 0 Å². The largest absolute Gasteiger partial charge is 0.490 e. The number of nitrogens with one attached hydrogen (secondary N) is 1. The first-order valence-electron chi connectivity index (χ1n) is 8.08. The van der Waals surface area contributed by atoms with Gasteiger partial charge in [-0.15, -0.1) is 0 Å². The number of benzene rings is 2. The summed E-state index contributed by atoms with van der Waals surface area (Å²) in [5.74, 6) is 0.236. The third-order valence-corrected chi connectivity index (χ3v) is 4.01. The van der Waals surface area contributed by atoms with Crippen LogP contribution in [0.4, 0.5) is 13.2 Å². The zero-order chi connectivity index (χ0) is 18.2. The van der Waals surface area contributed by atoms with E-state index in [1.165, 1.54) is 12.1 Å². The number of nitrogens with zero attached hydrogens (tertiary/aromatic N) is 1. The molecule has 1 aliphatic rings. The molecule has 2 aromatic carbocycles. The van der Waals surface area contributed by atoms with Crippen molar-refractivity contribution >= 4 is 16.7 Å². The minimum Gasteiger partial charge on any atom is -0.490 e. The Kier molecular flexibility index (Phi) is 4.60. The van der Waals surface area contributed by atoms with Gasteiger partial charge in [-0.3, -0.25) is 10.2 Å². The highest BCUT2D eigenvalue weighted by atomic mass is 19.4. The molecule has 0 saturated carbocycles. The summed E-state index contributed by atoms with van der Waals surface area (Å²) in [6, 6.07) is 8.01. The van der Waals surface area contributed by atoms with Crippen LogP contribution in [-0.2, 0) is 4.79 Å². The number of hydrogen-bond donors (Lipinski definition) is 1. The molecule has 0 radical (unpaired) electrons. The zero-order valence-electron chi connectivity index (χ0n) is 13.9. The van der Waals surface area contributed by atoms with Gasteiger partial charge in [-0.2, -0.15) is 13.2 Å². The molecule has 3 rings (SSSR count). The minimum absolute atomic E-state index is 0.0253. The van der Waals surface area contributed by atoms with Gasteiger partial charge in [-0.25, -0.2) is 5.01 Å². The van der Waals surface area contributed by atoms with E-state index in [0.717, 1.165) is 10.4 Å². The van der Waals surface area contributed by atoms with Crippen molar-refractivity contribution in [2.75, 3.05) is 6.54 Å². The van der Waals surface area contributed by atoms with Crippen molar-refractivity contribution in [3.8, 4) is 5.75 Å². The quantitative estimate of drug-likeness (QED) is 0.905. The molecule has 134 valence electrons. The Hall–Kier alpha value is -2.28. The Morgan fingerprint density at radius 3 is 2.56 bits per heavy atom. The van der Waals surface area contributed by atoms with E-state index in [4.69, 9.17) is 4.74 Å². The van der Waals surface area contributed by atoms with Crippen LogP contribution in [0.3, 0.4) is 0 Å². The number of fused-ring (bicyclic) bond motifs is 1. The zero-order valence-corrected chi connectivity index (χ0v) is 13.9. The molecule has 1 heterocycles. The fourth-order valence-electron chi connectivity index (χ4n) is 3.03. The van der Waals surface area contributed by atoms with Crippen molar-refractivity contribution in [3.05, 3.63) is 42.0 Å². The second kappa shape index (κ2) is 6.55. The minimum atomic E-state index is -4.50. The molecule has 1 saturated heterocycles. The molecule has 0 aromatic heterocycles. The fourth-order valence-corrected chi connectivity index (χ4v) is 3.03. The Morgan fingerprint density at radius 1 is 1.20 bits per heavy atom. The monoisotopic (exact) mass is 352 g/mol. The molecule has 25 heavy (non-hydrogen) atoms. The Morgan fingerprint density at radius 2 is 1.96 bits per heavy atom. The number of amides is 1. The van der Waals surface area contributed by atoms with Crippen molar-refractivity contribution in [1.82, 2.24) is 10.4 Å². The summed E-state index contributed by atoms with van der Waals surface area (Å²) in [5, 5.41) is 2.37. The van der Waals surface area contributed by atoms with Crippen LogP contribution in [0.15, 0.2) is 36.4 Å². The second-order valence-electron chi connectivity index (χ2n) is 6.33. The molecule has 2 aromatic rings. The summed E-state index contributed by atoms with van der Waals surface area (Å²) >= 11 is 0. The van der Waals surface area contributed by atoms with Crippen LogP contribution in [0.2, 0.25) is 0 Å². The summed E-state index contributed by atoms with van der Waals surface area (Å²) in [4.78, 5) is 11.3. The molecule has 1 aliphatic heterocycles. The molecule has 1 N–H and O–H groups in total. The van der Waals surface area contributed by atoms with Gasteiger partial charge in [0.15, 0.2) is 0 Å². The molecule has 0 bridgehead atoms. The van der Waals surface area contributed by atoms with Gasteiger partial charge >= 0.3 is 6.18 Å². The number of ether oxygens (including phenoxy) is 1. The lowest BCUT2D eigenvalue weighted by Crippen LogP contribution is -2.43. The Labute approximate surface area is 143 Å². The summed E-state index contributed by atoms with van der Waals surface area (Å²) in [5.41, 5.74) is 2.38. The van der Waals surface area contributed by atoms with Crippen molar-refractivity contribution in [2.45, 2.75) is 38.6 Å². The molecular weight excluding hydrogens is 333 g/mol. The predicted molar refractivity (Wildman–Crippen MR) is 88.0 cm³/mol. The van der Waals surface area contributed by atoms with E-state index in [1.807, 2.05) is 13.8 Å². The van der Waals surface area contributed by atoms with Crippen LogP contribution in [0, 0.1) is 0 Å². The number of alkyl halides is 3. The number of halogens is 3. The van der Waals surface area contributed by atoms with Gasteiger partial charge in [-0.05, 0) is 36.9 Å². The van der Waals surface area contributed by atoms with Crippen LogP contribution in [0.25, 0.3) is 10.8 Å². The smallest absolute Gasteiger partial charge is 0.409 e. The maximum absolute atomic E-state index is 13.6. The first-order chi connectivity index (χ1) is 11.8. The van der Waals surface area contributed by atoms with Crippen LogP contribution < -0.4 is 10.2 Å². The van der Waals surface area contributed by atoms with Gasteiger partial charge in [0, 0.05) is 18.4 Å². The van der Waals surface area contributed by atoms with Crippen molar-refractivity contribution in [2.24, 2.45) is 0 Å². The number of carbonyl (C=O) groups is 1. The van der Waals surface area contributed by atoms with Crippen LogP contribution in [0.5, 0.6) is 5.75 Å². The van der Waals surface area contributed by atoms with Crippen LogP contribution >= 0.6 is 0 Å². The average Bonchev–Trinajstić information content (AvgIpc) is 2.91. The third-order valence-electron chi connectivity index (χ3n) is 4.01. The van der Waals surface area contributed by atoms with E-state index in [9.17, 15) is 18.0 Å². The molecule has 1 fully saturated rings. The fraction of sp³-hybridized carbons (Fsp3) is 0.389. The second-order valence-corrected chi connectivity index (χ2v) is 6.33. The molecule has 4 nitrogen and oxygen atoms in total. The maximum atomic E-state index is 13.6. The highest BCUT2D eigenvalue weighted by molar-refractivity contribution is 5.89. The summed E-state index contributed by atoms with van der Waals surface area (Å²) in [6.07, 6.45) is -4.47. The number of carbonyl (C=O) groups excluding carboxylic acids is 1. The molecule has 0 aliphatic carbocycles. The average molecular weight is 352 g/mol. The first kappa shape index (κ1) is 17.5. The Bertz CT molecular complexity index is 789. The first-order valence-corrected chi connectivity index (χ1v) is 8.08.